The van der Waals surface area contributed by atoms with Crippen LogP contribution in [0.5, 0.6) is 0 Å². The van der Waals surface area contributed by atoms with Gasteiger partial charge >= 0.3 is 6.18 Å². The number of alkyl halides is 3. The van der Waals surface area contributed by atoms with Crippen LogP contribution < -0.4 is 5.32 Å². The summed E-state index contributed by atoms with van der Waals surface area (Å²) < 4.78 is 41.2. The van der Waals surface area contributed by atoms with Gasteiger partial charge in [0.05, 0.1) is 35.4 Å². The minimum Gasteiger partial charge on any atom is -0.354 e. The molecule has 0 bridgehead atoms. The molecule has 4 rings (SSSR count). The quantitative estimate of drug-likeness (QED) is 0.495. The average Bonchev–Trinajstić information content (AvgIpc) is 3.34. The van der Waals surface area contributed by atoms with E-state index in [0.717, 1.165) is 17.6 Å². The van der Waals surface area contributed by atoms with E-state index in [4.69, 9.17) is 0 Å². The molecular weight excluding hydrogens is 423 g/mol. The minimum absolute atomic E-state index is 0.0405. The number of nitrogens with zero attached hydrogens (tertiary/aromatic N) is 6. The number of carbonyl (C=O) groups is 1. The Balaban J connectivity index is 1.51. The topological polar surface area (TPSA) is 90.5 Å². The number of pyridine rings is 2. The van der Waals surface area contributed by atoms with E-state index in [2.05, 4.69) is 25.5 Å². The first-order valence-corrected chi connectivity index (χ1v) is 9.87. The van der Waals surface area contributed by atoms with Gasteiger partial charge < -0.3 is 5.32 Å². The zero-order chi connectivity index (χ0) is 22.9. The number of aromatic nitrogens is 6. The van der Waals surface area contributed by atoms with Crippen LogP contribution in [0.2, 0.25) is 0 Å². The smallest absolute Gasteiger partial charge is 0.354 e. The van der Waals surface area contributed by atoms with Crippen LogP contribution in [0.1, 0.15) is 30.8 Å². The fourth-order valence-electron chi connectivity index (χ4n) is 3.22. The number of fused-ring (bicyclic) bond motifs is 1. The second kappa shape index (κ2) is 8.40. The van der Waals surface area contributed by atoms with E-state index in [-0.39, 0.29) is 24.2 Å². The van der Waals surface area contributed by atoms with Crippen LogP contribution in [0, 0.1) is 0 Å². The third kappa shape index (κ3) is 4.76. The lowest BCUT2D eigenvalue weighted by Gasteiger charge is -2.07. The summed E-state index contributed by atoms with van der Waals surface area (Å²) in [5, 5.41) is 12.5. The van der Waals surface area contributed by atoms with Crippen LogP contribution >= 0.6 is 0 Å². The zero-order valence-corrected chi connectivity index (χ0v) is 17.3. The Kier molecular flexibility index (Phi) is 5.64. The number of halogens is 3. The highest BCUT2D eigenvalue weighted by molar-refractivity contribution is 5.86. The van der Waals surface area contributed by atoms with Crippen molar-refractivity contribution in [1.82, 2.24) is 34.8 Å². The summed E-state index contributed by atoms with van der Waals surface area (Å²) >= 11 is 0. The second-order valence-corrected chi connectivity index (χ2v) is 7.57. The number of nitrogens with one attached hydrogen (secondary N) is 1. The molecular formula is C21H20F3N7O. The van der Waals surface area contributed by atoms with Crippen LogP contribution in [0.3, 0.4) is 0 Å². The molecule has 0 aromatic carbocycles. The van der Waals surface area contributed by atoms with E-state index in [9.17, 15) is 18.0 Å². The highest BCUT2D eigenvalue weighted by Crippen LogP contribution is 2.28. The molecule has 0 aliphatic heterocycles. The van der Waals surface area contributed by atoms with Gasteiger partial charge in [0.2, 0.25) is 5.91 Å². The van der Waals surface area contributed by atoms with Gasteiger partial charge in [-0.1, -0.05) is 0 Å². The van der Waals surface area contributed by atoms with Gasteiger partial charge in [-0.15, -0.1) is 0 Å². The van der Waals surface area contributed by atoms with Crippen molar-refractivity contribution in [2.75, 3.05) is 0 Å². The van der Waals surface area contributed by atoms with Crippen molar-refractivity contribution in [2.45, 2.75) is 39.0 Å². The van der Waals surface area contributed by atoms with Crippen LogP contribution in [0.25, 0.3) is 16.7 Å². The van der Waals surface area contributed by atoms with Crippen molar-refractivity contribution in [3.8, 4) is 5.82 Å². The van der Waals surface area contributed by atoms with Gasteiger partial charge in [0.15, 0.2) is 5.82 Å². The molecule has 0 aliphatic rings. The fourth-order valence-corrected chi connectivity index (χ4v) is 3.22. The van der Waals surface area contributed by atoms with Gasteiger partial charge in [0, 0.05) is 36.2 Å². The van der Waals surface area contributed by atoms with Crippen molar-refractivity contribution >= 4 is 16.8 Å². The summed E-state index contributed by atoms with van der Waals surface area (Å²) in [4.78, 5) is 20.3. The fraction of sp³-hybridized carbons (Fsp3) is 0.286. The van der Waals surface area contributed by atoms with Gasteiger partial charge in [-0.2, -0.15) is 23.4 Å². The lowest BCUT2D eigenvalue weighted by molar-refractivity contribution is -0.137. The SMILES string of the molecule is CC(C)NC(=O)Cc1nccc2nn(Cc3ccn(-c4ccc(C(F)(F)F)cn4)n3)cc12. The average molecular weight is 443 g/mol. The number of hydrogen-bond acceptors (Lipinski definition) is 5. The maximum Gasteiger partial charge on any atom is 0.417 e. The third-order valence-electron chi connectivity index (χ3n) is 4.62. The number of rotatable bonds is 6. The molecule has 166 valence electrons. The Morgan fingerprint density at radius 2 is 1.94 bits per heavy atom. The molecule has 0 unspecified atom stereocenters. The number of amides is 1. The van der Waals surface area contributed by atoms with Crippen molar-refractivity contribution in [1.29, 1.82) is 0 Å². The maximum atomic E-state index is 12.7. The van der Waals surface area contributed by atoms with Crippen molar-refractivity contribution in [3.63, 3.8) is 0 Å². The molecule has 0 atom stereocenters. The Morgan fingerprint density at radius 3 is 2.62 bits per heavy atom. The summed E-state index contributed by atoms with van der Waals surface area (Å²) in [6.45, 7) is 4.12. The highest BCUT2D eigenvalue weighted by atomic mass is 19.4. The molecule has 1 amide bonds. The molecule has 4 aromatic heterocycles. The molecule has 4 aromatic rings. The Morgan fingerprint density at radius 1 is 1.12 bits per heavy atom. The van der Waals surface area contributed by atoms with Crippen molar-refractivity contribution in [2.24, 2.45) is 0 Å². The van der Waals surface area contributed by atoms with E-state index in [1.165, 1.54) is 10.7 Å². The molecule has 1 N–H and O–H groups in total. The molecule has 32 heavy (non-hydrogen) atoms. The first-order valence-electron chi connectivity index (χ1n) is 9.87. The summed E-state index contributed by atoms with van der Waals surface area (Å²) in [6.07, 6.45) is 1.53. The lowest BCUT2D eigenvalue weighted by atomic mass is 10.2. The predicted octanol–water partition coefficient (Wildman–Crippen LogP) is 3.15. The molecule has 11 heteroatoms. The van der Waals surface area contributed by atoms with Gasteiger partial charge in [-0.25, -0.2) is 9.67 Å². The Bertz CT molecular complexity index is 1240. The maximum absolute atomic E-state index is 12.7. The summed E-state index contributed by atoms with van der Waals surface area (Å²) in [7, 11) is 0. The van der Waals surface area contributed by atoms with Crippen molar-refractivity contribution < 1.29 is 18.0 Å². The molecule has 0 radical (unpaired) electrons. The lowest BCUT2D eigenvalue weighted by Crippen LogP contribution is -2.31. The summed E-state index contributed by atoms with van der Waals surface area (Å²) in [6, 6.07) is 5.77. The molecule has 4 heterocycles. The van der Waals surface area contributed by atoms with Gasteiger partial charge in [0.1, 0.15) is 0 Å². The first kappa shape index (κ1) is 21.5. The van der Waals surface area contributed by atoms with E-state index in [0.29, 0.717) is 23.4 Å². The summed E-state index contributed by atoms with van der Waals surface area (Å²) in [5.74, 6) is 0.160. The summed E-state index contributed by atoms with van der Waals surface area (Å²) in [5.41, 5.74) is 1.16. The standard InChI is InChI=1S/C21H20F3N7O/c1-13(2)27-20(32)9-18-16-12-30(29-17(16)5-7-25-18)11-15-6-8-31(28-15)19-4-3-14(10-26-19)21(22,23)24/h3-8,10,12-13H,9,11H2,1-2H3,(H,27,32). The molecule has 0 spiro atoms. The van der Waals surface area contributed by atoms with Crippen LogP contribution in [-0.2, 0) is 23.9 Å². The van der Waals surface area contributed by atoms with E-state index in [1.807, 2.05) is 13.8 Å². The monoisotopic (exact) mass is 443 g/mol. The molecule has 0 saturated heterocycles. The molecule has 0 aliphatic carbocycles. The Hall–Kier alpha value is -3.76. The second-order valence-electron chi connectivity index (χ2n) is 7.57. The van der Waals surface area contributed by atoms with Crippen LogP contribution in [0.4, 0.5) is 13.2 Å². The van der Waals surface area contributed by atoms with E-state index < -0.39 is 11.7 Å². The normalized spacial score (nSPS) is 11.9. The molecule has 0 fully saturated rings. The van der Waals surface area contributed by atoms with Gasteiger partial charge in [-0.05, 0) is 38.1 Å². The molecule has 8 nitrogen and oxygen atoms in total. The van der Waals surface area contributed by atoms with Crippen molar-refractivity contribution in [3.05, 3.63) is 66.0 Å². The third-order valence-corrected chi connectivity index (χ3v) is 4.62. The van der Waals surface area contributed by atoms with E-state index in [1.54, 1.807) is 35.4 Å². The number of hydrogen-bond donors (Lipinski definition) is 1. The first-order chi connectivity index (χ1) is 15.2. The molecule has 0 saturated carbocycles. The predicted molar refractivity (Wildman–Crippen MR) is 110 cm³/mol. The Labute approximate surface area is 181 Å². The van der Waals surface area contributed by atoms with Crippen LogP contribution in [-0.4, -0.2) is 41.5 Å². The largest absolute Gasteiger partial charge is 0.417 e. The van der Waals surface area contributed by atoms with E-state index >= 15 is 0 Å². The van der Waals surface area contributed by atoms with Crippen LogP contribution in [0.15, 0.2) is 49.1 Å². The number of carbonyl (C=O) groups excluding carboxylic acids is 1. The van der Waals surface area contributed by atoms with Gasteiger partial charge in [0.25, 0.3) is 0 Å². The minimum atomic E-state index is -4.44. The zero-order valence-electron chi connectivity index (χ0n) is 17.3. The van der Waals surface area contributed by atoms with Gasteiger partial charge in [-0.3, -0.25) is 14.5 Å². The highest BCUT2D eigenvalue weighted by Gasteiger charge is 2.30.